The molecule has 1 aromatic heterocycles. The number of methoxy groups -OCH3 is 1. The Labute approximate surface area is 153 Å². The molecule has 0 unspecified atom stereocenters. The van der Waals surface area contributed by atoms with E-state index in [4.69, 9.17) is 9.47 Å². The van der Waals surface area contributed by atoms with Crippen LogP contribution < -0.4 is 20.7 Å². The van der Waals surface area contributed by atoms with Crippen LogP contribution in [-0.2, 0) is 4.74 Å². The maximum absolute atomic E-state index is 13.8. The lowest BCUT2D eigenvalue weighted by Gasteiger charge is -2.11. The minimum Gasteiger partial charge on any atom is -0.491 e. The highest BCUT2D eigenvalue weighted by atomic mass is 19.1. The molecule has 0 aliphatic carbocycles. The van der Waals surface area contributed by atoms with Crippen molar-refractivity contribution in [3.8, 4) is 5.75 Å². The molecule has 3 N–H and O–H groups in total. The number of anilines is 3. The molecule has 7 nitrogen and oxygen atoms in total. The average molecular weight is 363 g/mol. The first kappa shape index (κ1) is 19.9. The first-order valence-corrected chi connectivity index (χ1v) is 8.57. The van der Waals surface area contributed by atoms with Gasteiger partial charge in [-0.25, -0.2) is 9.37 Å². The number of aromatic nitrogens is 2. The number of hydrogen-bond acceptors (Lipinski definition) is 7. The Morgan fingerprint density at radius 3 is 2.58 bits per heavy atom. The van der Waals surface area contributed by atoms with Gasteiger partial charge in [-0.3, -0.25) is 0 Å². The molecule has 0 aliphatic rings. The minimum atomic E-state index is -0.484. The monoisotopic (exact) mass is 363 g/mol. The van der Waals surface area contributed by atoms with Crippen LogP contribution in [0.15, 0.2) is 30.5 Å². The van der Waals surface area contributed by atoms with Crippen molar-refractivity contribution in [3.05, 3.63) is 36.3 Å². The second-order valence-electron chi connectivity index (χ2n) is 5.92. The fraction of sp³-hybridized carbons (Fsp3) is 0.444. The van der Waals surface area contributed by atoms with Crippen molar-refractivity contribution < 1.29 is 13.9 Å². The molecule has 0 atom stereocenters. The second-order valence-corrected chi connectivity index (χ2v) is 5.92. The van der Waals surface area contributed by atoms with Crippen molar-refractivity contribution in [1.29, 1.82) is 0 Å². The highest BCUT2D eigenvalue weighted by Gasteiger charge is 2.07. The van der Waals surface area contributed by atoms with E-state index in [2.05, 4.69) is 39.8 Å². The predicted molar refractivity (Wildman–Crippen MR) is 101 cm³/mol. The van der Waals surface area contributed by atoms with Gasteiger partial charge in [-0.15, -0.1) is 0 Å². The van der Waals surface area contributed by atoms with E-state index in [1.807, 2.05) is 24.3 Å². The Bertz CT molecular complexity index is 667. The number of ether oxygens (including phenoxy) is 2. The van der Waals surface area contributed by atoms with Crippen LogP contribution in [0.5, 0.6) is 5.75 Å². The summed E-state index contributed by atoms with van der Waals surface area (Å²) in [4.78, 5) is 8.16. The van der Waals surface area contributed by atoms with Gasteiger partial charge >= 0.3 is 0 Å². The van der Waals surface area contributed by atoms with Gasteiger partial charge < -0.3 is 25.4 Å². The van der Waals surface area contributed by atoms with E-state index >= 15 is 0 Å². The van der Waals surface area contributed by atoms with Gasteiger partial charge in [0.25, 0.3) is 0 Å². The van der Waals surface area contributed by atoms with Crippen LogP contribution in [0.3, 0.4) is 0 Å². The molecule has 0 bridgehead atoms. The second kappa shape index (κ2) is 10.5. The number of benzene rings is 1. The summed E-state index contributed by atoms with van der Waals surface area (Å²) in [5.74, 6) is 0.751. The molecule has 142 valence electrons. The zero-order chi connectivity index (χ0) is 18.8. The molecule has 0 aliphatic heterocycles. The van der Waals surface area contributed by atoms with Crippen molar-refractivity contribution in [1.82, 2.24) is 15.3 Å². The van der Waals surface area contributed by atoms with Gasteiger partial charge in [0.05, 0.1) is 12.8 Å². The van der Waals surface area contributed by atoms with Crippen molar-refractivity contribution in [2.24, 2.45) is 0 Å². The lowest BCUT2D eigenvalue weighted by atomic mass is 10.3. The fourth-order valence-corrected chi connectivity index (χ4v) is 2.10. The summed E-state index contributed by atoms with van der Waals surface area (Å²) in [5, 5.41) is 9.27. The Morgan fingerprint density at radius 2 is 1.88 bits per heavy atom. The van der Waals surface area contributed by atoms with Gasteiger partial charge in [0.15, 0.2) is 11.6 Å². The van der Waals surface area contributed by atoms with E-state index in [9.17, 15) is 4.39 Å². The molecule has 1 heterocycles. The molecule has 8 heteroatoms. The predicted octanol–water partition coefficient (Wildman–Crippen LogP) is 2.79. The zero-order valence-electron chi connectivity index (χ0n) is 15.4. The molecule has 0 radical (unpaired) electrons. The standard InChI is InChI=1S/C18H26FN5O2/c1-13(2)20-8-9-21-17-16(19)12-22-18(24-17)23-14-4-6-15(7-5-14)26-11-10-25-3/h4-7,12-13,20H,8-11H2,1-3H3,(H2,21,22,23,24). The van der Waals surface area contributed by atoms with Crippen molar-refractivity contribution in [2.45, 2.75) is 19.9 Å². The molecule has 0 fully saturated rings. The first-order chi connectivity index (χ1) is 12.6. The maximum Gasteiger partial charge on any atom is 0.229 e. The Hall–Kier alpha value is -2.45. The lowest BCUT2D eigenvalue weighted by Crippen LogP contribution is -2.28. The summed E-state index contributed by atoms with van der Waals surface area (Å²) < 4.78 is 24.3. The van der Waals surface area contributed by atoms with Gasteiger partial charge in [-0.1, -0.05) is 13.8 Å². The number of nitrogens with zero attached hydrogens (tertiary/aromatic N) is 2. The van der Waals surface area contributed by atoms with Crippen molar-refractivity contribution in [2.75, 3.05) is 44.0 Å². The quantitative estimate of drug-likeness (QED) is 0.530. The summed E-state index contributed by atoms with van der Waals surface area (Å²) in [6.07, 6.45) is 1.15. The molecule has 0 saturated heterocycles. The SMILES string of the molecule is COCCOc1ccc(Nc2ncc(F)c(NCCNC(C)C)n2)cc1. The number of nitrogens with one attached hydrogen (secondary N) is 3. The maximum atomic E-state index is 13.8. The van der Waals surface area contributed by atoms with Crippen LogP contribution in [0.4, 0.5) is 21.8 Å². The normalized spacial score (nSPS) is 10.8. The largest absolute Gasteiger partial charge is 0.491 e. The highest BCUT2D eigenvalue weighted by Crippen LogP contribution is 2.19. The third kappa shape index (κ3) is 6.81. The van der Waals surface area contributed by atoms with Crippen LogP contribution in [0.2, 0.25) is 0 Å². The third-order valence-corrected chi connectivity index (χ3v) is 3.38. The van der Waals surface area contributed by atoms with Crippen LogP contribution in [0, 0.1) is 5.82 Å². The highest BCUT2D eigenvalue weighted by molar-refractivity contribution is 5.56. The van der Waals surface area contributed by atoms with Gasteiger partial charge in [0, 0.05) is 31.9 Å². The molecule has 0 saturated carbocycles. The van der Waals surface area contributed by atoms with E-state index in [0.717, 1.165) is 17.6 Å². The van der Waals surface area contributed by atoms with Gasteiger partial charge in [-0.05, 0) is 24.3 Å². The lowest BCUT2D eigenvalue weighted by molar-refractivity contribution is 0.146. The molecule has 1 aromatic carbocycles. The molecule has 0 spiro atoms. The van der Waals surface area contributed by atoms with Crippen LogP contribution in [0.25, 0.3) is 0 Å². The van der Waals surface area contributed by atoms with Gasteiger partial charge in [-0.2, -0.15) is 4.98 Å². The molecule has 0 amide bonds. The van der Waals surface area contributed by atoms with E-state index in [-0.39, 0.29) is 5.82 Å². The first-order valence-electron chi connectivity index (χ1n) is 8.57. The van der Waals surface area contributed by atoms with E-state index in [0.29, 0.717) is 38.3 Å². The summed E-state index contributed by atoms with van der Waals surface area (Å²) in [5.41, 5.74) is 0.781. The molecule has 26 heavy (non-hydrogen) atoms. The van der Waals surface area contributed by atoms with E-state index in [1.165, 1.54) is 0 Å². The smallest absolute Gasteiger partial charge is 0.229 e. The Balaban J connectivity index is 1.91. The van der Waals surface area contributed by atoms with Gasteiger partial charge in [0.1, 0.15) is 12.4 Å². The summed E-state index contributed by atoms with van der Waals surface area (Å²) in [7, 11) is 1.63. The van der Waals surface area contributed by atoms with Gasteiger partial charge in [0.2, 0.25) is 5.95 Å². The topological polar surface area (TPSA) is 80.3 Å². The minimum absolute atomic E-state index is 0.174. The average Bonchev–Trinajstić information content (AvgIpc) is 2.62. The molecular weight excluding hydrogens is 337 g/mol. The number of hydrogen-bond donors (Lipinski definition) is 3. The molecular formula is C18H26FN5O2. The fourth-order valence-electron chi connectivity index (χ4n) is 2.10. The summed E-state index contributed by atoms with van der Waals surface area (Å²) >= 11 is 0. The van der Waals surface area contributed by atoms with Crippen molar-refractivity contribution >= 4 is 17.5 Å². The van der Waals surface area contributed by atoms with Crippen LogP contribution in [-0.4, -0.2) is 49.4 Å². The van der Waals surface area contributed by atoms with Crippen molar-refractivity contribution in [3.63, 3.8) is 0 Å². The van der Waals surface area contributed by atoms with E-state index < -0.39 is 5.82 Å². The Morgan fingerprint density at radius 1 is 1.12 bits per heavy atom. The number of halogens is 1. The summed E-state index contributed by atoms with van der Waals surface area (Å²) in [6.45, 7) is 6.42. The Kier molecular flexibility index (Phi) is 8.04. The molecule has 2 aromatic rings. The summed E-state index contributed by atoms with van der Waals surface area (Å²) in [6, 6.07) is 7.73. The third-order valence-electron chi connectivity index (χ3n) is 3.38. The van der Waals surface area contributed by atoms with E-state index in [1.54, 1.807) is 7.11 Å². The zero-order valence-corrected chi connectivity index (χ0v) is 15.4. The van der Waals surface area contributed by atoms with Crippen LogP contribution >= 0.6 is 0 Å². The molecule has 2 rings (SSSR count). The number of rotatable bonds is 11. The van der Waals surface area contributed by atoms with Crippen LogP contribution in [0.1, 0.15) is 13.8 Å².